The number of halogens is 4. The molecule has 6 heteroatoms. The third kappa shape index (κ3) is 3.24. The van der Waals surface area contributed by atoms with Crippen molar-refractivity contribution >= 4 is 33.9 Å². The molecule has 0 radical (unpaired) electrons. The zero-order valence-electron chi connectivity index (χ0n) is 12.1. The Morgan fingerprint density at radius 1 is 1.00 bits per heavy atom. The second-order valence-electron chi connectivity index (χ2n) is 5.15. The molecule has 0 spiro atoms. The quantitative estimate of drug-likeness (QED) is 0.624. The van der Waals surface area contributed by atoms with Crippen molar-refractivity contribution in [2.75, 3.05) is 5.32 Å². The highest BCUT2D eigenvalue weighted by Gasteiger charge is 2.30. The van der Waals surface area contributed by atoms with E-state index < -0.39 is 11.7 Å². The summed E-state index contributed by atoms with van der Waals surface area (Å²) in [6.45, 7) is 1.73. The van der Waals surface area contributed by atoms with E-state index in [-0.39, 0.29) is 5.52 Å². The van der Waals surface area contributed by atoms with Crippen molar-refractivity contribution in [3.8, 4) is 0 Å². The number of anilines is 2. The Balaban J connectivity index is 2.12. The lowest BCUT2D eigenvalue weighted by molar-refractivity contribution is -0.137. The van der Waals surface area contributed by atoms with E-state index in [2.05, 4.69) is 10.3 Å². The fraction of sp³-hybridized carbons (Fsp3) is 0.118. The van der Waals surface area contributed by atoms with Gasteiger partial charge in [-0.05, 0) is 37.3 Å². The number of nitrogens with zero attached hydrogens (tertiary/aromatic N) is 1. The third-order valence-electron chi connectivity index (χ3n) is 3.41. The molecule has 0 amide bonds. The predicted octanol–water partition coefficient (Wildman–Crippen LogP) is 5.96. The van der Waals surface area contributed by atoms with E-state index >= 15 is 0 Å². The first-order chi connectivity index (χ1) is 10.8. The van der Waals surface area contributed by atoms with Gasteiger partial charge < -0.3 is 5.32 Å². The first-order valence-electron chi connectivity index (χ1n) is 6.85. The van der Waals surface area contributed by atoms with Crippen molar-refractivity contribution in [2.24, 2.45) is 0 Å². The normalized spacial score (nSPS) is 11.7. The van der Waals surface area contributed by atoms with Crippen LogP contribution in [0.2, 0.25) is 5.02 Å². The maximum absolute atomic E-state index is 12.9. The van der Waals surface area contributed by atoms with Gasteiger partial charge in [0.15, 0.2) is 0 Å². The van der Waals surface area contributed by atoms with E-state index in [4.69, 9.17) is 11.6 Å². The first kappa shape index (κ1) is 15.6. The summed E-state index contributed by atoms with van der Waals surface area (Å²) in [5.41, 5.74) is 1.53. The number of nitrogens with one attached hydrogen (secondary N) is 1. The molecule has 0 fully saturated rings. The fourth-order valence-corrected chi connectivity index (χ4v) is 2.53. The molecule has 0 saturated carbocycles. The van der Waals surface area contributed by atoms with E-state index in [1.165, 1.54) is 6.07 Å². The van der Waals surface area contributed by atoms with Crippen molar-refractivity contribution in [2.45, 2.75) is 13.1 Å². The Kier molecular flexibility index (Phi) is 3.90. The van der Waals surface area contributed by atoms with Crippen molar-refractivity contribution in [3.05, 3.63) is 64.8 Å². The summed E-state index contributed by atoms with van der Waals surface area (Å²) >= 11 is 6.12. The standard InChI is InChI=1S/C17H12ClF3N2/c1-10-8-15(23-14-5-3-2-4-13(14)18)12-7-6-11(17(19,20)21)9-16(12)22-10/h2-9H,1H3,(H,22,23). The molecule has 118 valence electrons. The Morgan fingerprint density at radius 3 is 2.43 bits per heavy atom. The lowest BCUT2D eigenvalue weighted by atomic mass is 10.1. The second kappa shape index (κ2) is 5.74. The van der Waals surface area contributed by atoms with Gasteiger partial charge in [-0.2, -0.15) is 13.2 Å². The molecule has 1 heterocycles. The van der Waals surface area contributed by atoms with Crippen LogP contribution in [-0.4, -0.2) is 4.98 Å². The number of benzene rings is 2. The molecule has 0 unspecified atom stereocenters. The number of alkyl halides is 3. The molecule has 0 bridgehead atoms. The highest BCUT2D eigenvalue weighted by Crippen LogP contribution is 2.34. The molecule has 0 aliphatic carbocycles. The number of rotatable bonds is 2. The van der Waals surface area contributed by atoms with Crippen LogP contribution in [0.15, 0.2) is 48.5 Å². The van der Waals surface area contributed by atoms with Gasteiger partial charge in [0.05, 0.1) is 21.8 Å². The van der Waals surface area contributed by atoms with Crippen molar-refractivity contribution in [3.63, 3.8) is 0 Å². The highest BCUT2D eigenvalue weighted by molar-refractivity contribution is 6.33. The topological polar surface area (TPSA) is 24.9 Å². The minimum Gasteiger partial charge on any atom is -0.354 e. The van der Waals surface area contributed by atoms with E-state index in [0.29, 0.717) is 27.5 Å². The molecule has 0 aliphatic rings. The van der Waals surface area contributed by atoms with Crippen LogP contribution in [0.25, 0.3) is 10.9 Å². The van der Waals surface area contributed by atoms with Crippen LogP contribution in [0, 0.1) is 6.92 Å². The average Bonchev–Trinajstić information content (AvgIpc) is 2.48. The van der Waals surface area contributed by atoms with E-state index in [0.717, 1.165) is 12.1 Å². The summed E-state index contributed by atoms with van der Waals surface area (Å²) in [7, 11) is 0. The van der Waals surface area contributed by atoms with Gasteiger partial charge >= 0.3 is 6.18 Å². The molecule has 0 saturated heterocycles. The Morgan fingerprint density at radius 2 is 1.74 bits per heavy atom. The second-order valence-corrected chi connectivity index (χ2v) is 5.55. The van der Waals surface area contributed by atoms with E-state index in [9.17, 15) is 13.2 Å². The number of pyridine rings is 1. The van der Waals surface area contributed by atoms with Crippen LogP contribution in [0.1, 0.15) is 11.3 Å². The highest BCUT2D eigenvalue weighted by atomic mass is 35.5. The van der Waals surface area contributed by atoms with Gasteiger partial charge in [0.25, 0.3) is 0 Å². The molecule has 0 atom stereocenters. The Labute approximate surface area is 135 Å². The third-order valence-corrected chi connectivity index (χ3v) is 3.74. The maximum atomic E-state index is 12.9. The molecule has 1 N–H and O–H groups in total. The average molecular weight is 337 g/mol. The Hall–Kier alpha value is -2.27. The van der Waals surface area contributed by atoms with Gasteiger partial charge in [0.2, 0.25) is 0 Å². The summed E-state index contributed by atoms with van der Waals surface area (Å²) in [5, 5.41) is 4.29. The number of hydrogen-bond donors (Lipinski definition) is 1. The minimum absolute atomic E-state index is 0.286. The molecule has 2 aromatic carbocycles. The van der Waals surface area contributed by atoms with Crippen LogP contribution < -0.4 is 5.32 Å². The van der Waals surface area contributed by atoms with Crippen LogP contribution in [0.5, 0.6) is 0 Å². The number of fused-ring (bicyclic) bond motifs is 1. The van der Waals surface area contributed by atoms with Gasteiger partial charge in [-0.3, -0.25) is 4.98 Å². The lowest BCUT2D eigenvalue weighted by Gasteiger charge is -2.13. The number of para-hydroxylation sites is 1. The Bertz CT molecular complexity index is 875. The van der Waals surface area contributed by atoms with Gasteiger partial charge in [-0.15, -0.1) is 0 Å². The van der Waals surface area contributed by atoms with Gasteiger partial charge in [0, 0.05) is 16.8 Å². The summed E-state index contributed by atoms with van der Waals surface area (Å²) in [6.07, 6.45) is -4.39. The number of aromatic nitrogens is 1. The molecule has 23 heavy (non-hydrogen) atoms. The summed E-state index contributed by atoms with van der Waals surface area (Å²) in [5.74, 6) is 0. The summed E-state index contributed by atoms with van der Waals surface area (Å²) in [6, 6.07) is 12.5. The minimum atomic E-state index is -4.39. The number of aryl methyl sites for hydroxylation is 1. The fourth-order valence-electron chi connectivity index (χ4n) is 2.35. The van der Waals surface area contributed by atoms with Crippen LogP contribution in [-0.2, 0) is 6.18 Å². The van der Waals surface area contributed by atoms with Gasteiger partial charge in [0.1, 0.15) is 0 Å². The monoisotopic (exact) mass is 336 g/mol. The smallest absolute Gasteiger partial charge is 0.354 e. The molecular formula is C17H12ClF3N2. The molecule has 3 aromatic rings. The SMILES string of the molecule is Cc1cc(Nc2ccccc2Cl)c2ccc(C(F)(F)F)cc2n1. The van der Waals surface area contributed by atoms with Gasteiger partial charge in [-0.25, -0.2) is 0 Å². The molecule has 0 aliphatic heterocycles. The zero-order chi connectivity index (χ0) is 16.6. The van der Waals surface area contributed by atoms with Crippen molar-refractivity contribution in [1.82, 2.24) is 4.98 Å². The van der Waals surface area contributed by atoms with Crippen LogP contribution >= 0.6 is 11.6 Å². The lowest BCUT2D eigenvalue weighted by Crippen LogP contribution is -2.05. The predicted molar refractivity (Wildman–Crippen MR) is 86.2 cm³/mol. The summed E-state index contributed by atoms with van der Waals surface area (Å²) < 4.78 is 38.6. The zero-order valence-corrected chi connectivity index (χ0v) is 12.8. The first-order valence-corrected chi connectivity index (χ1v) is 7.22. The molecular weight excluding hydrogens is 325 g/mol. The largest absolute Gasteiger partial charge is 0.416 e. The van der Waals surface area contributed by atoms with Crippen molar-refractivity contribution in [1.29, 1.82) is 0 Å². The maximum Gasteiger partial charge on any atom is 0.416 e. The molecule has 3 rings (SSSR count). The van der Waals surface area contributed by atoms with Gasteiger partial charge in [-0.1, -0.05) is 29.8 Å². The molecule has 1 aromatic heterocycles. The molecule has 2 nitrogen and oxygen atoms in total. The van der Waals surface area contributed by atoms with E-state index in [1.54, 1.807) is 31.2 Å². The van der Waals surface area contributed by atoms with E-state index in [1.807, 2.05) is 6.07 Å². The van der Waals surface area contributed by atoms with Crippen molar-refractivity contribution < 1.29 is 13.2 Å². The van der Waals surface area contributed by atoms with Crippen LogP contribution in [0.3, 0.4) is 0 Å². The summed E-state index contributed by atoms with van der Waals surface area (Å²) in [4.78, 5) is 4.20. The number of hydrogen-bond acceptors (Lipinski definition) is 2. The van der Waals surface area contributed by atoms with Crippen LogP contribution in [0.4, 0.5) is 24.5 Å².